The maximum Gasteiger partial charge on any atom is 0.267 e. The van der Waals surface area contributed by atoms with Crippen molar-refractivity contribution in [3.8, 4) is 0 Å². The summed E-state index contributed by atoms with van der Waals surface area (Å²) in [6.45, 7) is 5.23. The molecule has 2 rings (SSSR count). The number of hydrogen-bond acceptors (Lipinski definition) is 3. The van der Waals surface area contributed by atoms with Crippen LogP contribution in [0.1, 0.15) is 30.9 Å². The van der Waals surface area contributed by atoms with Gasteiger partial charge < -0.3 is 0 Å². The van der Waals surface area contributed by atoms with E-state index in [1.54, 1.807) is 13.8 Å². The number of carbonyl (C=O) groups excluding carboxylic acids is 1. The Bertz CT molecular complexity index is 631. The molecular weight excluding hydrogens is 281 g/mol. The topological polar surface area (TPSA) is 54.5 Å². The predicted molar refractivity (Wildman–Crippen MR) is 73.2 cm³/mol. The van der Waals surface area contributed by atoms with Crippen molar-refractivity contribution in [2.75, 3.05) is 6.54 Å². The van der Waals surface area contributed by atoms with E-state index in [0.717, 1.165) is 10.7 Å². The first-order chi connectivity index (χ1) is 9.27. The summed E-state index contributed by atoms with van der Waals surface area (Å²) >= 11 is 0. The maximum atomic E-state index is 13.3. The third-order valence-electron chi connectivity index (χ3n) is 3.72. The molecule has 110 valence electrons. The smallest absolute Gasteiger partial charge is 0.267 e. The van der Waals surface area contributed by atoms with E-state index < -0.39 is 15.8 Å². The monoisotopic (exact) mass is 299 g/mol. The lowest BCUT2D eigenvalue weighted by molar-refractivity contribution is -0.123. The molecule has 1 aliphatic heterocycles. The van der Waals surface area contributed by atoms with Crippen molar-refractivity contribution in [1.82, 2.24) is 4.31 Å². The highest BCUT2D eigenvalue weighted by Gasteiger charge is 2.38. The van der Waals surface area contributed by atoms with Crippen molar-refractivity contribution < 1.29 is 17.6 Å². The number of amides is 1. The average molecular weight is 299 g/mol. The van der Waals surface area contributed by atoms with Crippen LogP contribution in [0, 0.1) is 25.6 Å². The van der Waals surface area contributed by atoms with Crippen molar-refractivity contribution in [3.63, 3.8) is 0 Å². The number of sulfonamides is 1. The molecule has 1 atom stereocenters. The molecule has 0 aromatic heterocycles. The molecule has 0 aliphatic carbocycles. The van der Waals surface area contributed by atoms with Gasteiger partial charge >= 0.3 is 0 Å². The molecule has 20 heavy (non-hydrogen) atoms. The van der Waals surface area contributed by atoms with Crippen molar-refractivity contribution in [3.05, 3.63) is 29.1 Å². The highest BCUT2D eigenvalue weighted by Crippen LogP contribution is 2.30. The largest absolute Gasteiger partial charge is 0.274 e. The molecule has 1 aromatic rings. The lowest BCUT2D eigenvalue weighted by Gasteiger charge is -2.20. The molecule has 4 nitrogen and oxygen atoms in total. The Morgan fingerprint density at radius 1 is 1.30 bits per heavy atom. The van der Waals surface area contributed by atoms with Crippen LogP contribution in [0.15, 0.2) is 17.0 Å². The van der Waals surface area contributed by atoms with Crippen LogP contribution in [0.5, 0.6) is 0 Å². The summed E-state index contributed by atoms with van der Waals surface area (Å²) in [4.78, 5) is 12.0. The molecule has 1 aromatic carbocycles. The molecule has 1 unspecified atom stereocenters. The van der Waals surface area contributed by atoms with Gasteiger partial charge in [0, 0.05) is 13.0 Å². The average Bonchev–Trinajstić information content (AvgIpc) is 2.69. The van der Waals surface area contributed by atoms with Crippen molar-refractivity contribution in [2.45, 2.75) is 38.5 Å². The first-order valence-electron chi connectivity index (χ1n) is 6.59. The number of aryl methyl sites for hydroxylation is 2. The summed E-state index contributed by atoms with van der Waals surface area (Å²) in [6, 6.07) is 2.36. The normalized spacial score (nSPS) is 19.7. The summed E-state index contributed by atoms with van der Waals surface area (Å²) < 4.78 is 39.5. The maximum absolute atomic E-state index is 13.3. The Morgan fingerprint density at radius 3 is 2.30 bits per heavy atom. The van der Waals surface area contributed by atoms with E-state index in [2.05, 4.69) is 0 Å². The Balaban J connectivity index is 2.49. The van der Waals surface area contributed by atoms with E-state index in [4.69, 9.17) is 0 Å². The fraction of sp³-hybridized carbons (Fsp3) is 0.500. The summed E-state index contributed by atoms with van der Waals surface area (Å²) in [5.41, 5.74) is 0.658. The molecule has 6 heteroatoms. The first-order valence-corrected chi connectivity index (χ1v) is 8.03. The Morgan fingerprint density at radius 2 is 1.85 bits per heavy atom. The van der Waals surface area contributed by atoms with E-state index in [1.807, 2.05) is 6.92 Å². The van der Waals surface area contributed by atoms with Crippen LogP contribution in [0.4, 0.5) is 4.39 Å². The van der Waals surface area contributed by atoms with Crippen LogP contribution < -0.4 is 0 Å². The van der Waals surface area contributed by atoms with Gasteiger partial charge in [0.1, 0.15) is 5.82 Å². The SMILES string of the molecule is CCC1CC(=O)N(S(=O)(=O)c2c(C)cc(F)cc2C)C1. The molecule has 0 radical (unpaired) electrons. The zero-order chi connectivity index (χ0) is 15.1. The molecule has 0 bridgehead atoms. The minimum absolute atomic E-state index is 0.0454. The quantitative estimate of drug-likeness (QED) is 0.861. The van der Waals surface area contributed by atoms with Crippen LogP contribution >= 0.6 is 0 Å². The van der Waals surface area contributed by atoms with Crippen LogP contribution in [0.25, 0.3) is 0 Å². The second-order valence-electron chi connectivity index (χ2n) is 5.28. The van der Waals surface area contributed by atoms with Gasteiger partial charge in [-0.3, -0.25) is 4.79 Å². The highest BCUT2D eigenvalue weighted by atomic mass is 32.2. The highest BCUT2D eigenvalue weighted by molar-refractivity contribution is 7.89. The van der Waals surface area contributed by atoms with E-state index in [1.165, 1.54) is 12.1 Å². The van der Waals surface area contributed by atoms with Gasteiger partial charge in [0.25, 0.3) is 10.0 Å². The molecular formula is C14H18FNO3S. The van der Waals surface area contributed by atoms with Crippen LogP contribution in [0.3, 0.4) is 0 Å². The number of halogens is 1. The van der Waals surface area contributed by atoms with Crippen molar-refractivity contribution in [1.29, 1.82) is 0 Å². The second-order valence-corrected chi connectivity index (χ2v) is 7.08. The van der Waals surface area contributed by atoms with E-state index >= 15 is 0 Å². The summed E-state index contributed by atoms with van der Waals surface area (Å²) in [6.07, 6.45) is 1.02. The number of benzene rings is 1. The van der Waals surface area contributed by atoms with Gasteiger partial charge in [-0.15, -0.1) is 0 Å². The standard InChI is InChI=1S/C14H18FNO3S/c1-4-11-7-13(17)16(8-11)20(18,19)14-9(2)5-12(15)6-10(14)3/h5-6,11H,4,7-8H2,1-3H3. The molecule has 1 aliphatic rings. The third-order valence-corrected chi connectivity index (χ3v) is 5.81. The van der Waals surface area contributed by atoms with Crippen LogP contribution in [-0.2, 0) is 14.8 Å². The van der Waals surface area contributed by atoms with Gasteiger partial charge in [-0.05, 0) is 43.0 Å². The van der Waals surface area contributed by atoms with Gasteiger partial charge in [-0.2, -0.15) is 0 Å². The van der Waals surface area contributed by atoms with Gasteiger partial charge in [0.2, 0.25) is 5.91 Å². The fourth-order valence-electron chi connectivity index (χ4n) is 2.67. The Hall–Kier alpha value is -1.43. The van der Waals surface area contributed by atoms with Gasteiger partial charge in [-0.1, -0.05) is 13.3 Å². The first kappa shape index (κ1) is 15.0. The van der Waals surface area contributed by atoms with Crippen LogP contribution in [0.2, 0.25) is 0 Å². The van der Waals surface area contributed by atoms with Gasteiger partial charge in [0.15, 0.2) is 0 Å². The predicted octanol–water partition coefficient (Wildman–Crippen LogP) is 2.39. The van der Waals surface area contributed by atoms with Crippen molar-refractivity contribution in [2.24, 2.45) is 5.92 Å². The van der Waals surface area contributed by atoms with E-state index in [0.29, 0.717) is 11.1 Å². The molecule has 0 spiro atoms. The van der Waals surface area contributed by atoms with E-state index in [9.17, 15) is 17.6 Å². The number of hydrogen-bond donors (Lipinski definition) is 0. The molecule has 1 heterocycles. The summed E-state index contributed by atoms with van der Waals surface area (Å²) in [5, 5.41) is 0. The lowest BCUT2D eigenvalue weighted by Crippen LogP contribution is -2.33. The summed E-state index contributed by atoms with van der Waals surface area (Å²) in [7, 11) is -3.89. The zero-order valence-corrected chi connectivity index (χ0v) is 12.6. The second kappa shape index (κ2) is 5.16. The number of nitrogens with zero attached hydrogens (tertiary/aromatic N) is 1. The molecule has 1 fully saturated rings. The molecule has 0 N–H and O–H groups in total. The summed E-state index contributed by atoms with van der Waals surface area (Å²) in [5.74, 6) is -0.781. The van der Waals surface area contributed by atoms with Gasteiger partial charge in [-0.25, -0.2) is 17.1 Å². The zero-order valence-electron chi connectivity index (χ0n) is 11.8. The van der Waals surface area contributed by atoms with Crippen molar-refractivity contribution >= 4 is 15.9 Å². The molecule has 0 saturated carbocycles. The number of rotatable bonds is 3. The minimum Gasteiger partial charge on any atom is -0.274 e. The van der Waals surface area contributed by atoms with Gasteiger partial charge in [0.05, 0.1) is 4.90 Å². The Labute approximate surface area is 118 Å². The fourth-order valence-corrected chi connectivity index (χ4v) is 4.57. The molecule has 1 saturated heterocycles. The lowest BCUT2D eigenvalue weighted by atomic mass is 10.1. The third kappa shape index (κ3) is 2.44. The van der Waals surface area contributed by atoms with E-state index in [-0.39, 0.29) is 29.7 Å². The minimum atomic E-state index is -3.89. The number of carbonyl (C=O) groups is 1. The Kier molecular flexibility index (Phi) is 3.86. The molecule has 1 amide bonds. The van der Waals surface area contributed by atoms with Crippen LogP contribution in [-0.4, -0.2) is 25.2 Å².